The summed E-state index contributed by atoms with van der Waals surface area (Å²) in [7, 11) is 1.71. The number of aliphatic imine (C=N–C) groups is 1. The molecule has 0 bridgehead atoms. The summed E-state index contributed by atoms with van der Waals surface area (Å²) in [4.78, 5) is 4.72. The van der Waals surface area contributed by atoms with E-state index in [0.29, 0.717) is 12.6 Å². The van der Waals surface area contributed by atoms with Gasteiger partial charge < -0.3 is 15.4 Å². The summed E-state index contributed by atoms with van der Waals surface area (Å²) < 4.78 is 5.38. The van der Waals surface area contributed by atoms with Crippen LogP contribution in [0.3, 0.4) is 0 Å². The average Bonchev–Trinajstić information content (AvgIpc) is 2.55. The van der Waals surface area contributed by atoms with Gasteiger partial charge in [0.25, 0.3) is 0 Å². The van der Waals surface area contributed by atoms with E-state index in [1.807, 2.05) is 0 Å². The molecule has 5 heteroatoms. The highest BCUT2D eigenvalue weighted by atomic mass is 127. The number of nitrogens with zero attached hydrogens (tertiary/aromatic N) is 1. The molecule has 4 nitrogen and oxygen atoms in total. The number of hydrogen-bond donors (Lipinski definition) is 2. The first-order valence-electron chi connectivity index (χ1n) is 8.41. The van der Waals surface area contributed by atoms with Gasteiger partial charge in [-0.25, -0.2) is 4.99 Å². The van der Waals surface area contributed by atoms with E-state index >= 15 is 0 Å². The molecule has 1 aromatic rings. The van der Waals surface area contributed by atoms with Crippen LogP contribution in [0.1, 0.15) is 50.2 Å². The number of aryl methyl sites for hydroxylation is 1. The average molecular weight is 431 g/mol. The Morgan fingerprint density at radius 1 is 1.26 bits per heavy atom. The molecule has 2 rings (SSSR count). The van der Waals surface area contributed by atoms with Gasteiger partial charge >= 0.3 is 0 Å². The second-order valence-corrected chi connectivity index (χ2v) is 5.98. The van der Waals surface area contributed by atoms with Gasteiger partial charge in [-0.15, -0.1) is 24.0 Å². The van der Waals surface area contributed by atoms with E-state index < -0.39 is 0 Å². The molecule has 0 aromatic heterocycles. The van der Waals surface area contributed by atoms with Gasteiger partial charge in [0.05, 0.1) is 13.7 Å². The molecular weight excluding hydrogens is 401 g/mol. The van der Waals surface area contributed by atoms with Crippen molar-refractivity contribution in [2.45, 2.75) is 58.5 Å². The maximum atomic E-state index is 5.38. The third-order valence-electron chi connectivity index (χ3n) is 4.18. The van der Waals surface area contributed by atoms with Gasteiger partial charge in [0.1, 0.15) is 5.75 Å². The number of benzene rings is 1. The minimum absolute atomic E-state index is 0. The van der Waals surface area contributed by atoms with Crippen LogP contribution in [0.25, 0.3) is 0 Å². The Kier molecular flexibility index (Phi) is 9.36. The van der Waals surface area contributed by atoms with Crippen molar-refractivity contribution in [2.75, 3.05) is 13.7 Å². The van der Waals surface area contributed by atoms with E-state index in [-0.39, 0.29) is 24.0 Å². The summed E-state index contributed by atoms with van der Waals surface area (Å²) in [5.74, 6) is 1.85. The van der Waals surface area contributed by atoms with Crippen LogP contribution in [-0.4, -0.2) is 25.7 Å². The first kappa shape index (κ1) is 20.1. The predicted octanol–water partition coefficient (Wildman–Crippen LogP) is 4.01. The lowest BCUT2D eigenvalue weighted by atomic mass is 9.96. The minimum Gasteiger partial charge on any atom is -0.496 e. The lowest BCUT2D eigenvalue weighted by Gasteiger charge is -2.24. The van der Waals surface area contributed by atoms with Crippen molar-refractivity contribution in [1.82, 2.24) is 10.6 Å². The smallest absolute Gasteiger partial charge is 0.191 e. The zero-order valence-corrected chi connectivity index (χ0v) is 16.9. The highest BCUT2D eigenvalue weighted by molar-refractivity contribution is 14.0. The van der Waals surface area contributed by atoms with Crippen molar-refractivity contribution in [2.24, 2.45) is 4.99 Å². The van der Waals surface area contributed by atoms with E-state index in [0.717, 1.165) is 23.8 Å². The highest BCUT2D eigenvalue weighted by Gasteiger charge is 2.14. The molecule has 1 saturated carbocycles. The van der Waals surface area contributed by atoms with E-state index in [1.54, 1.807) is 7.11 Å². The minimum atomic E-state index is 0. The molecule has 1 aliphatic carbocycles. The fraction of sp³-hybridized carbons (Fsp3) is 0.611. The van der Waals surface area contributed by atoms with E-state index in [1.165, 1.54) is 37.7 Å². The Morgan fingerprint density at radius 2 is 2.00 bits per heavy atom. The topological polar surface area (TPSA) is 45.7 Å². The van der Waals surface area contributed by atoms with Gasteiger partial charge in [-0.05, 0) is 43.9 Å². The molecule has 0 radical (unpaired) electrons. The molecule has 0 spiro atoms. The van der Waals surface area contributed by atoms with Crippen LogP contribution in [0, 0.1) is 6.92 Å². The maximum absolute atomic E-state index is 5.38. The Balaban J connectivity index is 0.00000264. The number of hydrogen-bond acceptors (Lipinski definition) is 2. The molecule has 0 amide bonds. The summed E-state index contributed by atoms with van der Waals surface area (Å²) in [5, 5.41) is 6.92. The summed E-state index contributed by atoms with van der Waals surface area (Å²) in [5.41, 5.74) is 2.32. The molecule has 0 heterocycles. The van der Waals surface area contributed by atoms with E-state index in [9.17, 15) is 0 Å². The standard InChI is InChI=1S/C18H29N3O.HI/c1-4-19-18(21-16-8-6-5-7-9-16)20-13-15-11-10-14(2)17(12-15)22-3;/h10-12,16H,4-9,13H2,1-3H3,(H2,19,20,21);1H. The first-order chi connectivity index (χ1) is 10.7. The Bertz CT molecular complexity index is 499. The number of ether oxygens (including phenoxy) is 1. The zero-order valence-electron chi connectivity index (χ0n) is 14.5. The van der Waals surface area contributed by atoms with Crippen LogP contribution < -0.4 is 15.4 Å². The lowest BCUT2D eigenvalue weighted by molar-refractivity contribution is 0.409. The number of halogens is 1. The van der Waals surface area contributed by atoms with Crippen molar-refractivity contribution in [1.29, 1.82) is 0 Å². The van der Waals surface area contributed by atoms with Crippen molar-refractivity contribution in [3.63, 3.8) is 0 Å². The van der Waals surface area contributed by atoms with E-state index in [2.05, 4.69) is 42.7 Å². The quantitative estimate of drug-likeness (QED) is 0.421. The van der Waals surface area contributed by atoms with Crippen LogP contribution in [0.5, 0.6) is 5.75 Å². The Morgan fingerprint density at radius 3 is 2.65 bits per heavy atom. The third-order valence-corrected chi connectivity index (χ3v) is 4.18. The van der Waals surface area contributed by atoms with Crippen LogP contribution in [0.15, 0.2) is 23.2 Å². The van der Waals surface area contributed by atoms with Crippen molar-refractivity contribution in [3.8, 4) is 5.75 Å². The Labute approximate surface area is 157 Å². The van der Waals surface area contributed by atoms with Gasteiger partial charge in [0.15, 0.2) is 5.96 Å². The fourth-order valence-electron chi connectivity index (χ4n) is 2.89. The Hall–Kier alpha value is -0.980. The molecule has 0 unspecified atom stereocenters. The summed E-state index contributed by atoms with van der Waals surface area (Å²) in [6.45, 7) is 5.71. The second-order valence-electron chi connectivity index (χ2n) is 5.98. The predicted molar refractivity (Wildman–Crippen MR) is 108 cm³/mol. The molecular formula is C18H30IN3O. The molecule has 1 aliphatic rings. The molecule has 1 aromatic carbocycles. The molecule has 0 atom stereocenters. The molecule has 0 aliphatic heterocycles. The first-order valence-corrected chi connectivity index (χ1v) is 8.41. The van der Waals surface area contributed by atoms with Crippen LogP contribution in [0.4, 0.5) is 0 Å². The normalized spacial score (nSPS) is 15.7. The van der Waals surface area contributed by atoms with Crippen molar-refractivity contribution < 1.29 is 4.74 Å². The summed E-state index contributed by atoms with van der Waals surface area (Å²) >= 11 is 0. The van der Waals surface area contributed by atoms with Gasteiger partial charge in [-0.2, -0.15) is 0 Å². The molecule has 130 valence electrons. The second kappa shape index (κ2) is 10.7. The van der Waals surface area contributed by atoms with Gasteiger partial charge in [-0.1, -0.05) is 31.4 Å². The van der Waals surface area contributed by atoms with Gasteiger partial charge in [0.2, 0.25) is 0 Å². The molecule has 23 heavy (non-hydrogen) atoms. The van der Waals surface area contributed by atoms with Crippen LogP contribution in [0.2, 0.25) is 0 Å². The number of nitrogens with one attached hydrogen (secondary N) is 2. The van der Waals surface area contributed by atoms with Crippen molar-refractivity contribution >= 4 is 29.9 Å². The van der Waals surface area contributed by atoms with Crippen molar-refractivity contribution in [3.05, 3.63) is 29.3 Å². The summed E-state index contributed by atoms with van der Waals surface area (Å²) in [6, 6.07) is 6.85. The molecule has 0 saturated heterocycles. The van der Waals surface area contributed by atoms with Gasteiger partial charge in [-0.3, -0.25) is 0 Å². The summed E-state index contributed by atoms with van der Waals surface area (Å²) in [6.07, 6.45) is 6.53. The highest BCUT2D eigenvalue weighted by Crippen LogP contribution is 2.20. The number of guanidine groups is 1. The van der Waals surface area contributed by atoms with E-state index in [4.69, 9.17) is 9.73 Å². The van der Waals surface area contributed by atoms with Gasteiger partial charge in [0, 0.05) is 12.6 Å². The fourth-order valence-corrected chi connectivity index (χ4v) is 2.89. The number of rotatable bonds is 5. The molecule has 1 fully saturated rings. The molecule has 2 N–H and O–H groups in total. The third kappa shape index (κ3) is 6.57. The van der Waals surface area contributed by atoms with Crippen LogP contribution in [-0.2, 0) is 6.54 Å². The maximum Gasteiger partial charge on any atom is 0.191 e. The SMILES string of the molecule is CCNC(=NCc1ccc(C)c(OC)c1)NC1CCCCC1.I. The zero-order chi connectivity index (χ0) is 15.8. The number of methoxy groups -OCH3 is 1. The largest absolute Gasteiger partial charge is 0.496 e. The van der Waals surface area contributed by atoms with Crippen LogP contribution >= 0.6 is 24.0 Å². The monoisotopic (exact) mass is 431 g/mol. The lowest BCUT2D eigenvalue weighted by Crippen LogP contribution is -2.44.